The summed E-state index contributed by atoms with van der Waals surface area (Å²) < 4.78 is 10.5. The van der Waals surface area contributed by atoms with Gasteiger partial charge in [0.15, 0.2) is 0 Å². The highest BCUT2D eigenvalue weighted by Crippen LogP contribution is 2.23. The molecule has 0 aliphatic heterocycles. The van der Waals surface area contributed by atoms with Crippen LogP contribution in [-0.4, -0.2) is 25.0 Å². The Hall–Kier alpha value is -4.90. The van der Waals surface area contributed by atoms with E-state index in [-0.39, 0.29) is 22.6 Å². The third kappa shape index (κ3) is 5.83. The summed E-state index contributed by atoms with van der Waals surface area (Å²) in [6, 6.07) is 20.0. The minimum Gasteiger partial charge on any atom is -0.545 e. The zero-order valence-electron chi connectivity index (χ0n) is 17.4. The van der Waals surface area contributed by atoms with Crippen LogP contribution in [0.3, 0.4) is 0 Å². The van der Waals surface area contributed by atoms with Gasteiger partial charge in [0.05, 0.1) is 18.6 Å². The number of methoxy groups -OCH3 is 1. The van der Waals surface area contributed by atoms with E-state index in [9.17, 15) is 24.8 Å². The predicted molar refractivity (Wildman–Crippen MR) is 117 cm³/mol. The molecule has 0 aliphatic carbocycles. The molecule has 0 saturated carbocycles. The molecule has 1 amide bonds. The number of ether oxygens (including phenoxy) is 2. The Bertz CT molecular complexity index is 1270. The lowest BCUT2D eigenvalue weighted by Crippen LogP contribution is -2.22. The average Bonchev–Trinajstić information content (AvgIpc) is 2.83. The first kappa shape index (κ1) is 22.8. The lowest BCUT2D eigenvalue weighted by Gasteiger charge is -2.09. The van der Waals surface area contributed by atoms with Gasteiger partial charge in [-0.15, -0.1) is 0 Å². The number of benzene rings is 3. The number of rotatable bonds is 7. The average molecular weight is 441 g/mol. The van der Waals surface area contributed by atoms with Crippen LogP contribution in [0, 0.1) is 11.3 Å². The van der Waals surface area contributed by atoms with Crippen molar-refractivity contribution in [3.63, 3.8) is 0 Å². The standard InChI is InChI=1S/C25H18N2O6/c1-32-21-11-9-16(10-12-21)25(31)33-22-8-3-2-5-17(22)13-19(15-26)23(28)27-20-7-4-6-18(14-20)24(29)30/h2-14H,1H3,(H,27,28)(H,29,30)/p-1/b19-13+. The first-order valence-electron chi connectivity index (χ1n) is 9.61. The number of amides is 1. The van der Waals surface area contributed by atoms with E-state index in [1.54, 1.807) is 48.5 Å². The van der Waals surface area contributed by atoms with Gasteiger partial charge in [-0.1, -0.05) is 30.3 Å². The highest BCUT2D eigenvalue weighted by molar-refractivity contribution is 6.10. The number of hydrogen-bond donors (Lipinski definition) is 1. The van der Waals surface area contributed by atoms with E-state index in [1.807, 2.05) is 0 Å². The number of nitrogens with one attached hydrogen (secondary N) is 1. The predicted octanol–water partition coefficient (Wildman–Crippen LogP) is 2.82. The van der Waals surface area contributed by atoms with E-state index >= 15 is 0 Å². The molecule has 1 N–H and O–H groups in total. The van der Waals surface area contributed by atoms with Crippen molar-refractivity contribution in [3.8, 4) is 17.6 Å². The molecule has 0 spiro atoms. The number of nitrogens with zero attached hydrogens (tertiary/aromatic N) is 1. The third-order valence-corrected chi connectivity index (χ3v) is 4.47. The van der Waals surface area contributed by atoms with Crippen LogP contribution in [0.5, 0.6) is 11.5 Å². The normalized spacial score (nSPS) is 10.6. The van der Waals surface area contributed by atoms with Gasteiger partial charge in [-0.3, -0.25) is 4.79 Å². The molecule has 0 aliphatic rings. The van der Waals surface area contributed by atoms with E-state index in [0.717, 1.165) is 0 Å². The topological polar surface area (TPSA) is 129 Å². The number of carbonyl (C=O) groups excluding carboxylic acids is 3. The summed E-state index contributed by atoms with van der Waals surface area (Å²) in [7, 11) is 1.51. The Kier molecular flexibility index (Phi) is 7.19. The van der Waals surface area contributed by atoms with Crippen molar-refractivity contribution in [2.24, 2.45) is 0 Å². The van der Waals surface area contributed by atoms with Gasteiger partial charge in [0, 0.05) is 11.3 Å². The fraction of sp³-hybridized carbons (Fsp3) is 0.0400. The second-order valence-electron chi connectivity index (χ2n) is 6.65. The van der Waals surface area contributed by atoms with Crippen molar-refractivity contribution in [2.75, 3.05) is 12.4 Å². The number of aromatic carboxylic acids is 1. The molecular formula is C25H17N2O6-. The molecule has 3 aromatic rings. The molecule has 0 unspecified atom stereocenters. The molecule has 0 fully saturated rings. The molecule has 0 atom stereocenters. The van der Waals surface area contributed by atoms with Gasteiger partial charge in [-0.2, -0.15) is 5.26 Å². The quantitative estimate of drug-likeness (QED) is 0.258. The number of carboxylic acid groups (broad SMARTS) is 1. The Labute approximate surface area is 189 Å². The maximum atomic E-state index is 12.6. The summed E-state index contributed by atoms with van der Waals surface area (Å²) in [4.78, 5) is 36.1. The zero-order valence-corrected chi connectivity index (χ0v) is 17.4. The Morgan fingerprint density at radius 3 is 2.36 bits per heavy atom. The maximum absolute atomic E-state index is 12.6. The molecule has 8 heteroatoms. The maximum Gasteiger partial charge on any atom is 0.343 e. The van der Waals surface area contributed by atoms with Crippen molar-refractivity contribution in [1.29, 1.82) is 5.26 Å². The van der Waals surface area contributed by atoms with Crippen LogP contribution in [0.2, 0.25) is 0 Å². The summed E-state index contributed by atoms with van der Waals surface area (Å²) in [6.07, 6.45) is 1.27. The first-order chi connectivity index (χ1) is 15.9. The molecule has 0 heterocycles. The first-order valence-corrected chi connectivity index (χ1v) is 9.61. The van der Waals surface area contributed by atoms with Crippen molar-refractivity contribution in [2.45, 2.75) is 0 Å². The second kappa shape index (κ2) is 10.4. The van der Waals surface area contributed by atoms with Crippen LogP contribution >= 0.6 is 0 Å². The summed E-state index contributed by atoms with van der Waals surface area (Å²) in [5.41, 5.74) is 0.408. The number of hydrogen-bond acceptors (Lipinski definition) is 7. The molecule has 3 aromatic carbocycles. The SMILES string of the molecule is COc1ccc(C(=O)Oc2ccccc2/C=C(\C#N)C(=O)Nc2cccc(C(=O)[O-])c2)cc1. The zero-order chi connectivity index (χ0) is 23.8. The Balaban J connectivity index is 1.82. The van der Waals surface area contributed by atoms with Crippen LogP contribution in [0.4, 0.5) is 5.69 Å². The summed E-state index contributed by atoms with van der Waals surface area (Å²) >= 11 is 0. The highest BCUT2D eigenvalue weighted by Gasteiger charge is 2.14. The van der Waals surface area contributed by atoms with Gasteiger partial charge in [0.2, 0.25) is 0 Å². The number of carbonyl (C=O) groups is 3. The smallest absolute Gasteiger partial charge is 0.343 e. The number of carboxylic acids is 1. The summed E-state index contributed by atoms with van der Waals surface area (Å²) in [5, 5.41) is 22.9. The van der Waals surface area contributed by atoms with Crippen molar-refractivity contribution in [3.05, 3.63) is 95.1 Å². The van der Waals surface area contributed by atoms with Gasteiger partial charge in [-0.05, 0) is 54.1 Å². The van der Waals surface area contributed by atoms with Gasteiger partial charge in [-0.25, -0.2) is 4.79 Å². The van der Waals surface area contributed by atoms with Gasteiger partial charge >= 0.3 is 5.97 Å². The van der Waals surface area contributed by atoms with E-state index in [2.05, 4.69) is 5.32 Å². The molecule has 3 rings (SSSR count). The van der Waals surface area contributed by atoms with Crippen LogP contribution in [0.25, 0.3) is 6.08 Å². The fourth-order valence-electron chi connectivity index (χ4n) is 2.81. The molecule has 164 valence electrons. The Morgan fingerprint density at radius 1 is 0.970 bits per heavy atom. The Morgan fingerprint density at radius 2 is 1.70 bits per heavy atom. The minimum absolute atomic E-state index is 0.119. The lowest BCUT2D eigenvalue weighted by molar-refractivity contribution is -0.255. The van der Waals surface area contributed by atoms with Gasteiger partial charge in [0.1, 0.15) is 23.1 Å². The largest absolute Gasteiger partial charge is 0.545 e. The number of esters is 1. The van der Waals surface area contributed by atoms with E-state index in [0.29, 0.717) is 16.9 Å². The number of nitriles is 1. The lowest BCUT2D eigenvalue weighted by atomic mass is 10.1. The van der Waals surface area contributed by atoms with Crippen LogP contribution in [0.1, 0.15) is 26.3 Å². The van der Waals surface area contributed by atoms with E-state index in [1.165, 1.54) is 43.5 Å². The van der Waals surface area contributed by atoms with Crippen LogP contribution in [0.15, 0.2) is 78.4 Å². The van der Waals surface area contributed by atoms with E-state index < -0.39 is 17.8 Å². The molecule has 0 radical (unpaired) electrons. The van der Waals surface area contributed by atoms with Crippen LogP contribution in [-0.2, 0) is 4.79 Å². The van der Waals surface area contributed by atoms with Gasteiger partial charge in [0.25, 0.3) is 5.91 Å². The second-order valence-corrected chi connectivity index (χ2v) is 6.65. The fourth-order valence-corrected chi connectivity index (χ4v) is 2.81. The molecule has 8 nitrogen and oxygen atoms in total. The van der Waals surface area contributed by atoms with Crippen molar-refractivity contribution < 1.29 is 29.0 Å². The monoisotopic (exact) mass is 441 g/mol. The minimum atomic E-state index is -1.39. The molecule has 0 aromatic heterocycles. The van der Waals surface area contributed by atoms with E-state index in [4.69, 9.17) is 9.47 Å². The highest BCUT2D eigenvalue weighted by atomic mass is 16.5. The van der Waals surface area contributed by atoms with Gasteiger partial charge < -0.3 is 24.7 Å². The van der Waals surface area contributed by atoms with Crippen molar-refractivity contribution >= 4 is 29.6 Å². The third-order valence-electron chi connectivity index (χ3n) is 4.47. The van der Waals surface area contributed by atoms with Crippen LogP contribution < -0.4 is 19.9 Å². The molecule has 0 bridgehead atoms. The summed E-state index contributed by atoms with van der Waals surface area (Å²) in [5.74, 6) is -2.04. The van der Waals surface area contributed by atoms with Crippen molar-refractivity contribution in [1.82, 2.24) is 0 Å². The summed E-state index contributed by atoms with van der Waals surface area (Å²) in [6.45, 7) is 0. The molecule has 33 heavy (non-hydrogen) atoms. The molecule has 0 saturated heterocycles. The molecular weight excluding hydrogens is 424 g/mol. The number of para-hydroxylation sites is 1. The number of anilines is 1.